The van der Waals surface area contributed by atoms with Gasteiger partial charge < -0.3 is 19.9 Å². The number of rotatable bonds is 7. The zero-order valence-electron chi connectivity index (χ0n) is 16.5. The molecule has 8 nitrogen and oxygen atoms in total. The highest BCUT2D eigenvalue weighted by atomic mass is 127. The van der Waals surface area contributed by atoms with Gasteiger partial charge in [-0.15, -0.1) is 24.0 Å². The molecule has 27 heavy (non-hydrogen) atoms. The van der Waals surface area contributed by atoms with E-state index in [0.717, 1.165) is 29.9 Å². The monoisotopic (exact) mass is 514 g/mol. The van der Waals surface area contributed by atoms with Gasteiger partial charge in [0.15, 0.2) is 15.8 Å². The molecule has 1 aromatic rings. The van der Waals surface area contributed by atoms with Gasteiger partial charge in [0.1, 0.15) is 5.76 Å². The van der Waals surface area contributed by atoms with Crippen molar-refractivity contribution in [3.05, 3.63) is 17.0 Å². The smallest absolute Gasteiger partial charge is 0.191 e. The number of ether oxygens (including phenoxy) is 1. The highest BCUT2D eigenvalue weighted by Crippen LogP contribution is 2.28. The first-order valence-corrected chi connectivity index (χ1v) is 10.9. The molecule has 2 heterocycles. The Morgan fingerprint density at radius 1 is 1.22 bits per heavy atom. The van der Waals surface area contributed by atoms with Crippen LogP contribution in [0.4, 0.5) is 0 Å². The summed E-state index contributed by atoms with van der Waals surface area (Å²) in [6.45, 7) is 5.82. The first kappa shape index (κ1) is 24.2. The molecule has 0 atom stereocenters. The van der Waals surface area contributed by atoms with Gasteiger partial charge in [0.05, 0.1) is 10.4 Å². The molecule has 2 N–H and O–H groups in total. The quantitative estimate of drug-likeness (QED) is 0.324. The normalized spacial score (nSPS) is 17.3. The van der Waals surface area contributed by atoms with Crippen LogP contribution in [0, 0.1) is 0 Å². The summed E-state index contributed by atoms with van der Waals surface area (Å²) < 4.78 is 34.6. The molecule has 1 aromatic heterocycles. The Hall–Kier alpha value is -0.880. The molecular weight excluding hydrogens is 483 g/mol. The predicted octanol–water partition coefficient (Wildman–Crippen LogP) is 1.68. The standard InChI is InChI=1S/C17H30N4O4S.HI/c1-5-14-13(15(6-2)25-21-14)11-19-16(18-3)20-12-17(26(4,22)23)7-9-24-10-8-17;/h5-12H2,1-4H3,(H2,18,19,20);1H. The van der Waals surface area contributed by atoms with Crippen molar-refractivity contribution in [3.8, 4) is 0 Å². The number of sulfone groups is 1. The lowest BCUT2D eigenvalue weighted by Gasteiger charge is -2.35. The molecule has 0 unspecified atom stereocenters. The van der Waals surface area contributed by atoms with Crippen molar-refractivity contribution < 1.29 is 17.7 Å². The fourth-order valence-electron chi connectivity index (χ4n) is 3.20. The number of aryl methyl sites for hydroxylation is 2. The lowest BCUT2D eigenvalue weighted by atomic mass is 9.99. The van der Waals surface area contributed by atoms with Crippen molar-refractivity contribution in [3.63, 3.8) is 0 Å². The average Bonchev–Trinajstić information content (AvgIpc) is 3.03. The van der Waals surface area contributed by atoms with Crippen LogP contribution < -0.4 is 10.6 Å². The maximum atomic E-state index is 12.3. The Labute approximate surface area is 178 Å². The van der Waals surface area contributed by atoms with Crippen molar-refractivity contribution in [1.82, 2.24) is 15.8 Å². The number of hydrogen-bond donors (Lipinski definition) is 2. The SMILES string of the molecule is CCc1noc(CC)c1CNC(=NC)NCC1(S(C)(=O)=O)CCOCC1.I. The maximum Gasteiger partial charge on any atom is 0.191 e. The van der Waals surface area contributed by atoms with Crippen LogP contribution in [-0.4, -0.2) is 57.3 Å². The van der Waals surface area contributed by atoms with Gasteiger partial charge in [-0.3, -0.25) is 4.99 Å². The van der Waals surface area contributed by atoms with E-state index in [0.29, 0.717) is 45.1 Å². The fourth-order valence-corrected chi connectivity index (χ4v) is 4.44. The Morgan fingerprint density at radius 3 is 2.41 bits per heavy atom. The van der Waals surface area contributed by atoms with Crippen molar-refractivity contribution in [2.75, 3.05) is 33.1 Å². The summed E-state index contributed by atoms with van der Waals surface area (Å²) >= 11 is 0. The summed E-state index contributed by atoms with van der Waals surface area (Å²) in [5.74, 6) is 1.42. The minimum Gasteiger partial charge on any atom is -0.381 e. The minimum absolute atomic E-state index is 0. The molecule has 1 aliphatic heterocycles. The molecule has 0 aliphatic carbocycles. The van der Waals surface area contributed by atoms with Gasteiger partial charge >= 0.3 is 0 Å². The Kier molecular flexibility index (Phi) is 9.49. The van der Waals surface area contributed by atoms with Gasteiger partial charge in [0.25, 0.3) is 0 Å². The van der Waals surface area contributed by atoms with E-state index in [1.54, 1.807) is 7.05 Å². The Morgan fingerprint density at radius 2 is 1.89 bits per heavy atom. The summed E-state index contributed by atoms with van der Waals surface area (Å²) in [4.78, 5) is 4.21. The molecule has 0 aromatic carbocycles. The average molecular weight is 514 g/mol. The highest BCUT2D eigenvalue weighted by molar-refractivity contribution is 14.0. The van der Waals surface area contributed by atoms with E-state index < -0.39 is 14.6 Å². The third-order valence-electron chi connectivity index (χ3n) is 5.03. The molecule has 0 saturated carbocycles. The second-order valence-electron chi connectivity index (χ2n) is 6.58. The molecule has 1 aliphatic rings. The molecule has 0 spiro atoms. The summed E-state index contributed by atoms with van der Waals surface area (Å²) in [6, 6.07) is 0. The number of halogens is 1. The van der Waals surface area contributed by atoms with Crippen molar-refractivity contribution >= 4 is 39.8 Å². The van der Waals surface area contributed by atoms with Crippen molar-refractivity contribution in [2.24, 2.45) is 4.99 Å². The van der Waals surface area contributed by atoms with E-state index in [1.165, 1.54) is 6.26 Å². The van der Waals surface area contributed by atoms with E-state index in [2.05, 4.69) is 20.8 Å². The van der Waals surface area contributed by atoms with Gasteiger partial charge in [0, 0.05) is 51.6 Å². The molecule has 156 valence electrons. The highest BCUT2D eigenvalue weighted by Gasteiger charge is 2.42. The number of guanidine groups is 1. The third kappa shape index (κ3) is 5.80. The molecule has 10 heteroatoms. The molecular formula is C17H31IN4O4S. The first-order chi connectivity index (χ1) is 12.4. The summed E-state index contributed by atoms with van der Waals surface area (Å²) in [5.41, 5.74) is 1.98. The lowest BCUT2D eigenvalue weighted by molar-refractivity contribution is 0.0756. The maximum absolute atomic E-state index is 12.3. The molecule has 1 fully saturated rings. The number of hydrogen-bond acceptors (Lipinski definition) is 6. The Balaban J connectivity index is 0.00000364. The lowest BCUT2D eigenvalue weighted by Crippen LogP contribution is -2.53. The van der Waals surface area contributed by atoms with Gasteiger partial charge in [-0.25, -0.2) is 8.42 Å². The first-order valence-electron chi connectivity index (χ1n) is 9.05. The molecule has 0 bridgehead atoms. The number of aliphatic imine (C=N–C) groups is 1. The van der Waals surface area contributed by atoms with Gasteiger partial charge in [-0.05, 0) is 19.3 Å². The fraction of sp³-hybridized carbons (Fsp3) is 0.765. The van der Waals surface area contributed by atoms with Crippen LogP contribution in [0.5, 0.6) is 0 Å². The van der Waals surface area contributed by atoms with E-state index in [1.807, 2.05) is 13.8 Å². The van der Waals surface area contributed by atoms with E-state index in [-0.39, 0.29) is 24.0 Å². The number of aromatic nitrogens is 1. The Bertz CT molecular complexity index is 706. The summed E-state index contributed by atoms with van der Waals surface area (Å²) in [6.07, 6.45) is 3.84. The van der Waals surface area contributed by atoms with E-state index >= 15 is 0 Å². The van der Waals surface area contributed by atoms with Crippen molar-refractivity contribution in [2.45, 2.75) is 50.8 Å². The predicted molar refractivity (Wildman–Crippen MR) is 117 cm³/mol. The third-order valence-corrected chi connectivity index (χ3v) is 7.16. The molecule has 1 saturated heterocycles. The summed E-state index contributed by atoms with van der Waals surface area (Å²) in [7, 11) is -1.55. The largest absolute Gasteiger partial charge is 0.381 e. The molecule has 0 radical (unpaired) electrons. The van der Waals surface area contributed by atoms with Crippen LogP contribution in [0.15, 0.2) is 9.52 Å². The zero-order valence-corrected chi connectivity index (χ0v) is 19.6. The zero-order chi connectivity index (χ0) is 19.2. The molecule has 2 rings (SSSR count). The van der Waals surface area contributed by atoms with Gasteiger partial charge in [-0.1, -0.05) is 19.0 Å². The second kappa shape index (κ2) is 10.6. The van der Waals surface area contributed by atoms with Crippen LogP contribution in [-0.2, 0) is 34.0 Å². The van der Waals surface area contributed by atoms with Crippen molar-refractivity contribution in [1.29, 1.82) is 0 Å². The van der Waals surface area contributed by atoms with E-state index in [9.17, 15) is 8.42 Å². The number of nitrogens with zero attached hydrogens (tertiary/aromatic N) is 2. The molecule has 0 amide bonds. The van der Waals surface area contributed by atoms with Crippen LogP contribution in [0.2, 0.25) is 0 Å². The van der Waals surface area contributed by atoms with Crippen LogP contribution in [0.1, 0.15) is 43.7 Å². The minimum atomic E-state index is -3.22. The van der Waals surface area contributed by atoms with Crippen LogP contribution in [0.3, 0.4) is 0 Å². The van der Waals surface area contributed by atoms with Gasteiger partial charge in [0.2, 0.25) is 0 Å². The number of nitrogens with one attached hydrogen (secondary N) is 2. The second-order valence-corrected chi connectivity index (χ2v) is 9.00. The van der Waals surface area contributed by atoms with E-state index in [4.69, 9.17) is 9.26 Å². The van der Waals surface area contributed by atoms with Gasteiger partial charge in [-0.2, -0.15) is 0 Å². The topological polar surface area (TPSA) is 106 Å². The summed E-state index contributed by atoms with van der Waals surface area (Å²) in [5, 5.41) is 10.5. The van der Waals surface area contributed by atoms with Crippen LogP contribution in [0.25, 0.3) is 0 Å². The van der Waals surface area contributed by atoms with Crippen LogP contribution >= 0.6 is 24.0 Å².